The molecule has 0 aromatic heterocycles. The van der Waals surface area contributed by atoms with Crippen molar-refractivity contribution in [3.8, 4) is 11.5 Å². The number of esters is 1. The van der Waals surface area contributed by atoms with Gasteiger partial charge in [0.25, 0.3) is 5.91 Å². The lowest BCUT2D eigenvalue weighted by Crippen LogP contribution is -2.41. The largest absolute Gasteiger partial charge is 0.467 e. The maximum atomic E-state index is 12.4. The summed E-state index contributed by atoms with van der Waals surface area (Å²) >= 11 is 3.33. The summed E-state index contributed by atoms with van der Waals surface area (Å²) in [5, 5.41) is 2.85. The van der Waals surface area contributed by atoms with Gasteiger partial charge in [0.2, 0.25) is 0 Å². The van der Waals surface area contributed by atoms with Crippen LogP contribution >= 0.6 is 15.9 Å². The van der Waals surface area contributed by atoms with Gasteiger partial charge in [0, 0.05) is 16.5 Å². The van der Waals surface area contributed by atoms with Crippen molar-refractivity contribution in [2.45, 2.75) is 51.4 Å². The Morgan fingerprint density at radius 1 is 1.32 bits per heavy atom. The van der Waals surface area contributed by atoms with Crippen LogP contribution in [0.1, 0.15) is 37.6 Å². The fourth-order valence-corrected chi connectivity index (χ4v) is 3.09. The van der Waals surface area contributed by atoms with E-state index in [9.17, 15) is 9.59 Å². The summed E-state index contributed by atoms with van der Waals surface area (Å²) in [6.07, 6.45) is 0.235. The van der Waals surface area contributed by atoms with Crippen LogP contribution in [0.25, 0.3) is 0 Å². The van der Waals surface area contributed by atoms with Crippen molar-refractivity contribution in [3.63, 3.8) is 0 Å². The predicted molar refractivity (Wildman–Crippen MR) is 107 cm³/mol. The van der Waals surface area contributed by atoms with Crippen molar-refractivity contribution in [2.24, 2.45) is 0 Å². The first-order valence-corrected chi connectivity index (χ1v) is 11.9. The monoisotopic (exact) mass is 423 g/mol. The Bertz CT molecular complexity index is 699. The normalized spacial score (nSPS) is 12.6. The number of methoxy groups -OCH3 is 1. The smallest absolute Gasteiger partial charge is 0.329 e. The van der Waals surface area contributed by atoms with Gasteiger partial charge in [-0.3, -0.25) is 4.79 Å². The van der Waals surface area contributed by atoms with Crippen LogP contribution in [-0.2, 0) is 9.53 Å². The Morgan fingerprint density at radius 3 is 2.48 bits per heavy atom. The van der Waals surface area contributed by atoms with Crippen LogP contribution < -0.4 is 5.32 Å². The molecule has 1 N–H and O–H groups in total. The van der Waals surface area contributed by atoms with E-state index in [-0.39, 0.29) is 17.4 Å². The van der Waals surface area contributed by atoms with Gasteiger partial charge in [0.15, 0.2) is 0 Å². The molecule has 1 rings (SSSR count). The van der Waals surface area contributed by atoms with Crippen molar-refractivity contribution in [1.29, 1.82) is 0 Å². The van der Waals surface area contributed by atoms with Crippen molar-refractivity contribution < 1.29 is 14.3 Å². The van der Waals surface area contributed by atoms with Gasteiger partial charge in [-0.25, -0.2) is 4.79 Å². The standard InChI is InChI=1S/C19H26BrNO3Si/c1-19(2,3)25(5,6)12-8-11-16(18(23)24-4)21-17(22)14-9-7-10-15(20)13-14/h7,9-10,13,16H,11H2,1-6H3,(H,21,22)/t16-/m0/s1. The third-order valence-electron chi connectivity index (χ3n) is 4.46. The first kappa shape index (κ1) is 21.5. The number of benzene rings is 1. The number of ether oxygens (including phenoxy) is 1. The Balaban J connectivity index is 2.90. The van der Waals surface area contributed by atoms with E-state index in [1.54, 1.807) is 18.2 Å². The van der Waals surface area contributed by atoms with Gasteiger partial charge in [-0.2, -0.15) is 0 Å². The van der Waals surface area contributed by atoms with Gasteiger partial charge in [0.1, 0.15) is 14.1 Å². The van der Waals surface area contributed by atoms with Crippen molar-refractivity contribution in [3.05, 3.63) is 34.3 Å². The quantitative estimate of drug-likeness (QED) is 0.449. The molecule has 0 unspecified atom stereocenters. The van der Waals surface area contributed by atoms with Crippen LogP contribution in [0.2, 0.25) is 18.1 Å². The van der Waals surface area contributed by atoms with Crippen molar-refractivity contribution in [1.82, 2.24) is 5.32 Å². The molecule has 0 saturated heterocycles. The van der Waals surface area contributed by atoms with E-state index >= 15 is 0 Å². The molecule has 1 amide bonds. The van der Waals surface area contributed by atoms with Crippen LogP contribution in [0, 0.1) is 11.5 Å². The van der Waals surface area contributed by atoms with Crippen LogP contribution in [0.15, 0.2) is 28.7 Å². The molecule has 25 heavy (non-hydrogen) atoms. The van der Waals surface area contributed by atoms with Gasteiger partial charge >= 0.3 is 5.97 Å². The molecule has 136 valence electrons. The first-order chi connectivity index (χ1) is 11.5. The van der Waals surface area contributed by atoms with E-state index in [0.29, 0.717) is 5.56 Å². The van der Waals surface area contributed by atoms with Crippen LogP contribution in [0.5, 0.6) is 0 Å². The number of carbonyl (C=O) groups is 2. The Morgan fingerprint density at radius 2 is 1.96 bits per heavy atom. The minimum Gasteiger partial charge on any atom is -0.467 e. The molecule has 0 radical (unpaired) electrons. The lowest BCUT2D eigenvalue weighted by Gasteiger charge is -2.31. The van der Waals surface area contributed by atoms with Gasteiger partial charge in [-0.05, 0) is 23.2 Å². The molecule has 1 aromatic carbocycles. The zero-order valence-corrected chi connectivity index (χ0v) is 18.3. The summed E-state index contributed by atoms with van der Waals surface area (Å²) < 4.78 is 5.60. The number of nitrogens with one attached hydrogen (secondary N) is 1. The van der Waals surface area contributed by atoms with Gasteiger partial charge in [-0.1, -0.05) is 55.9 Å². The number of rotatable bonds is 4. The third kappa shape index (κ3) is 6.33. The Kier molecular flexibility index (Phi) is 7.45. The lowest BCUT2D eigenvalue weighted by atomic mass is 10.1. The predicted octanol–water partition coefficient (Wildman–Crippen LogP) is 4.16. The maximum Gasteiger partial charge on any atom is 0.329 e. The van der Waals surface area contributed by atoms with E-state index in [4.69, 9.17) is 4.74 Å². The van der Waals surface area contributed by atoms with E-state index in [2.05, 4.69) is 66.6 Å². The van der Waals surface area contributed by atoms with Crippen LogP contribution in [0.4, 0.5) is 0 Å². The second-order valence-corrected chi connectivity index (χ2v) is 13.4. The minimum atomic E-state index is -1.76. The molecule has 0 spiro atoms. The number of halogens is 1. The fourth-order valence-electron chi connectivity index (χ4n) is 1.77. The molecule has 1 atom stereocenters. The highest BCUT2D eigenvalue weighted by atomic mass is 79.9. The molecule has 0 aliphatic rings. The average molecular weight is 424 g/mol. The molecule has 0 saturated carbocycles. The molecule has 1 aromatic rings. The van der Waals surface area contributed by atoms with E-state index in [0.717, 1.165) is 4.47 Å². The number of amides is 1. The molecule has 0 aliphatic heterocycles. The summed E-state index contributed by atoms with van der Waals surface area (Å²) in [6.45, 7) is 10.9. The van der Waals surface area contributed by atoms with Gasteiger partial charge in [0.05, 0.1) is 7.11 Å². The van der Waals surface area contributed by atoms with E-state index in [1.807, 2.05) is 6.07 Å². The zero-order valence-electron chi connectivity index (χ0n) is 15.7. The van der Waals surface area contributed by atoms with Crippen LogP contribution in [0.3, 0.4) is 0 Å². The highest BCUT2D eigenvalue weighted by molar-refractivity contribution is 9.10. The molecule has 6 heteroatoms. The summed E-state index contributed by atoms with van der Waals surface area (Å²) in [5.74, 6) is 2.28. The SMILES string of the molecule is COC(=O)[C@H](CC#C[Si](C)(C)C(C)(C)C)NC(=O)c1cccc(Br)c1. The minimum absolute atomic E-state index is 0.139. The Hall–Kier alpha value is -1.58. The second kappa shape index (κ2) is 8.68. The average Bonchev–Trinajstić information content (AvgIpc) is 2.51. The summed E-state index contributed by atoms with van der Waals surface area (Å²) in [4.78, 5) is 24.4. The topological polar surface area (TPSA) is 55.4 Å². The van der Waals surface area contributed by atoms with Gasteiger partial charge in [-0.15, -0.1) is 11.5 Å². The highest BCUT2D eigenvalue weighted by Gasteiger charge is 2.33. The summed E-state index contributed by atoms with van der Waals surface area (Å²) in [6, 6.07) is 6.21. The van der Waals surface area contributed by atoms with Crippen molar-refractivity contribution in [2.75, 3.05) is 7.11 Å². The van der Waals surface area contributed by atoms with E-state index in [1.165, 1.54) is 7.11 Å². The molecular formula is C19H26BrNO3Si. The molecular weight excluding hydrogens is 398 g/mol. The van der Waals surface area contributed by atoms with Crippen LogP contribution in [-0.4, -0.2) is 33.1 Å². The van der Waals surface area contributed by atoms with Gasteiger partial charge < -0.3 is 10.1 Å². The highest BCUT2D eigenvalue weighted by Crippen LogP contribution is 2.35. The number of carbonyl (C=O) groups excluding carboxylic acids is 2. The molecule has 0 heterocycles. The maximum absolute atomic E-state index is 12.4. The molecule has 0 bridgehead atoms. The fraction of sp³-hybridized carbons (Fsp3) is 0.474. The lowest BCUT2D eigenvalue weighted by molar-refractivity contribution is -0.142. The summed E-state index contributed by atoms with van der Waals surface area (Å²) in [7, 11) is -0.453. The third-order valence-corrected chi connectivity index (χ3v) is 9.50. The first-order valence-electron chi connectivity index (χ1n) is 8.12. The summed E-state index contributed by atoms with van der Waals surface area (Å²) in [5.41, 5.74) is 3.83. The molecule has 0 fully saturated rings. The van der Waals surface area contributed by atoms with Crippen molar-refractivity contribution >= 4 is 35.9 Å². The number of hydrogen-bond acceptors (Lipinski definition) is 3. The molecule has 4 nitrogen and oxygen atoms in total. The molecule has 0 aliphatic carbocycles. The van der Waals surface area contributed by atoms with E-state index < -0.39 is 20.1 Å². The second-order valence-electron chi connectivity index (χ2n) is 7.44. The zero-order chi connectivity index (χ0) is 19.3. The Labute approximate surface area is 159 Å². The number of hydrogen-bond donors (Lipinski definition) is 1.